The van der Waals surface area contributed by atoms with Crippen molar-refractivity contribution >= 4 is 5.96 Å². The number of nitrogens with one attached hydrogen (secondary N) is 2. The van der Waals surface area contributed by atoms with Gasteiger partial charge in [0.1, 0.15) is 5.75 Å². The van der Waals surface area contributed by atoms with E-state index in [9.17, 15) is 5.11 Å². The summed E-state index contributed by atoms with van der Waals surface area (Å²) in [5, 5.41) is 16.5. The monoisotopic (exact) mass is 347 g/mol. The number of aliphatic hydroxyl groups excluding tert-OH is 1. The summed E-state index contributed by atoms with van der Waals surface area (Å²) in [6.07, 6.45) is 3.59. The molecule has 25 heavy (non-hydrogen) atoms. The second-order valence-electron chi connectivity index (χ2n) is 7.46. The molecule has 0 aliphatic heterocycles. The molecule has 0 aromatic heterocycles. The van der Waals surface area contributed by atoms with Gasteiger partial charge in [-0.15, -0.1) is 0 Å². The van der Waals surface area contributed by atoms with Crippen molar-refractivity contribution < 1.29 is 9.84 Å². The fourth-order valence-corrected chi connectivity index (χ4v) is 3.14. The first kappa shape index (κ1) is 19.6. The minimum absolute atomic E-state index is 0.0582. The predicted octanol–water partition coefficient (Wildman–Crippen LogP) is 2.83. The molecule has 0 unspecified atom stereocenters. The lowest BCUT2D eigenvalue weighted by Crippen LogP contribution is -2.45. The van der Waals surface area contributed by atoms with Crippen molar-refractivity contribution in [2.75, 3.05) is 20.2 Å². The predicted molar refractivity (Wildman–Crippen MR) is 103 cm³/mol. The number of guanidine groups is 1. The Morgan fingerprint density at radius 1 is 1.20 bits per heavy atom. The van der Waals surface area contributed by atoms with E-state index in [-0.39, 0.29) is 11.5 Å². The topological polar surface area (TPSA) is 65.9 Å². The number of nitrogens with zero attached hydrogens (tertiary/aromatic N) is 1. The normalized spacial score (nSPS) is 21.7. The number of methoxy groups -OCH3 is 1. The standard InChI is InChI=1S/C20H33N3O2/c1-5-21-19(23-16-8-10-17(24)11-9-16)22-14-20(2,3)15-6-12-18(25-4)13-7-15/h6-7,12-13,16-17,24H,5,8-11,14H2,1-4H3,(H2,21,22,23). The highest BCUT2D eigenvalue weighted by atomic mass is 16.5. The number of benzene rings is 1. The van der Waals surface area contributed by atoms with Gasteiger partial charge in [-0.3, -0.25) is 4.99 Å². The molecule has 0 saturated heterocycles. The van der Waals surface area contributed by atoms with E-state index in [1.165, 1.54) is 5.56 Å². The Bertz CT molecular complexity index is 547. The number of aliphatic hydroxyl groups is 1. The van der Waals surface area contributed by atoms with E-state index >= 15 is 0 Å². The van der Waals surface area contributed by atoms with Crippen molar-refractivity contribution in [3.05, 3.63) is 29.8 Å². The number of aliphatic imine (C=N–C) groups is 1. The first-order chi connectivity index (χ1) is 11.9. The van der Waals surface area contributed by atoms with Crippen molar-refractivity contribution in [1.29, 1.82) is 0 Å². The second-order valence-corrected chi connectivity index (χ2v) is 7.46. The van der Waals surface area contributed by atoms with Crippen molar-refractivity contribution in [1.82, 2.24) is 10.6 Å². The summed E-state index contributed by atoms with van der Waals surface area (Å²) in [6, 6.07) is 8.61. The molecular weight excluding hydrogens is 314 g/mol. The molecule has 5 nitrogen and oxygen atoms in total. The molecular formula is C20H33N3O2. The molecule has 1 aliphatic carbocycles. The van der Waals surface area contributed by atoms with Gasteiger partial charge in [-0.25, -0.2) is 0 Å². The average molecular weight is 348 g/mol. The van der Waals surface area contributed by atoms with Gasteiger partial charge in [0.05, 0.1) is 19.8 Å². The Labute approximate surface area is 151 Å². The zero-order valence-corrected chi connectivity index (χ0v) is 16.0. The molecule has 1 aromatic rings. The number of rotatable bonds is 6. The Hall–Kier alpha value is -1.75. The van der Waals surface area contributed by atoms with Gasteiger partial charge in [0.2, 0.25) is 0 Å². The highest BCUT2D eigenvalue weighted by Crippen LogP contribution is 2.25. The van der Waals surface area contributed by atoms with Crippen LogP contribution in [-0.4, -0.2) is 43.4 Å². The zero-order valence-electron chi connectivity index (χ0n) is 16.0. The minimum Gasteiger partial charge on any atom is -0.497 e. The number of hydrogen-bond acceptors (Lipinski definition) is 3. The van der Waals surface area contributed by atoms with Crippen LogP contribution in [-0.2, 0) is 5.41 Å². The van der Waals surface area contributed by atoms with Crippen LogP contribution in [0.3, 0.4) is 0 Å². The molecule has 1 aromatic carbocycles. The van der Waals surface area contributed by atoms with Crippen molar-refractivity contribution in [2.45, 2.75) is 64.0 Å². The molecule has 140 valence electrons. The lowest BCUT2D eigenvalue weighted by atomic mass is 9.85. The van der Waals surface area contributed by atoms with E-state index in [1.54, 1.807) is 7.11 Å². The first-order valence-electron chi connectivity index (χ1n) is 9.32. The molecule has 1 saturated carbocycles. The molecule has 3 N–H and O–H groups in total. The summed E-state index contributed by atoms with van der Waals surface area (Å²) in [5.41, 5.74) is 1.19. The summed E-state index contributed by atoms with van der Waals surface area (Å²) in [4.78, 5) is 4.82. The summed E-state index contributed by atoms with van der Waals surface area (Å²) in [7, 11) is 1.68. The Morgan fingerprint density at radius 3 is 2.40 bits per heavy atom. The largest absolute Gasteiger partial charge is 0.497 e. The van der Waals surface area contributed by atoms with Crippen LogP contribution in [0.25, 0.3) is 0 Å². The summed E-state index contributed by atoms with van der Waals surface area (Å²) in [6.45, 7) is 8.03. The van der Waals surface area contributed by atoms with Gasteiger partial charge in [-0.1, -0.05) is 26.0 Å². The molecule has 0 bridgehead atoms. The third kappa shape index (κ3) is 5.92. The SMILES string of the molecule is CCNC(=NCC(C)(C)c1ccc(OC)cc1)NC1CCC(O)CC1. The van der Waals surface area contributed by atoms with Crippen LogP contribution in [0.4, 0.5) is 0 Å². The average Bonchev–Trinajstić information content (AvgIpc) is 2.62. The molecule has 0 spiro atoms. The van der Waals surface area contributed by atoms with Gasteiger partial charge in [0.15, 0.2) is 5.96 Å². The van der Waals surface area contributed by atoms with E-state index in [0.717, 1.165) is 43.9 Å². The van der Waals surface area contributed by atoms with Gasteiger partial charge < -0.3 is 20.5 Å². The van der Waals surface area contributed by atoms with Gasteiger partial charge in [-0.2, -0.15) is 0 Å². The fourth-order valence-electron chi connectivity index (χ4n) is 3.14. The molecule has 0 amide bonds. The summed E-state index contributed by atoms with van der Waals surface area (Å²) >= 11 is 0. The maximum Gasteiger partial charge on any atom is 0.191 e. The highest BCUT2D eigenvalue weighted by Gasteiger charge is 2.22. The summed E-state index contributed by atoms with van der Waals surface area (Å²) < 4.78 is 5.24. The van der Waals surface area contributed by atoms with Gasteiger partial charge in [0.25, 0.3) is 0 Å². The fraction of sp³-hybridized carbons (Fsp3) is 0.650. The Morgan fingerprint density at radius 2 is 1.84 bits per heavy atom. The molecule has 0 atom stereocenters. The number of ether oxygens (including phenoxy) is 1. The van der Waals surface area contributed by atoms with E-state index < -0.39 is 0 Å². The second kappa shape index (κ2) is 9.09. The minimum atomic E-state index is -0.133. The smallest absolute Gasteiger partial charge is 0.191 e. The zero-order chi connectivity index (χ0) is 18.3. The molecule has 2 rings (SSSR count). The number of hydrogen-bond donors (Lipinski definition) is 3. The molecule has 0 radical (unpaired) electrons. The van der Waals surface area contributed by atoms with Crippen molar-refractivity contribution in [2.24, 2.45) is 4.99 Å². The van der Waals surface area contributed by atoms with E-state index in [0.29, 0.717) is 12.6 Å². The maximum absolute atomic E-state index is 9.66. The van der Waals surface area contributed by atoms with Gasteiger partial charge in [0, 0.05) is 18.0 Å². The van der Waals surface area contributed by atoms with Crippen LogP contribution >= 0.6 is 0 Å². The first-order valence-corrected chi connectivity index (χ1v) is 9.32. The molecule has 0 heterocycles. The Balaban J connectivity index is 2.00. The highest BCUT2D eigenvalue weighted by molar-refractivity contribution is 5.80. The maximum atomic E-state index is 9.66. The van der Waals surface area contributed by atoms with E-state index in [4.69, 9.17) is 9.73 Å². The third-order valence-corrected chi connectivity index (χ3v) is 4.89. The van der Waals surface area contributed by atoms with Crippen molar-refractivity contribution in [3.8, 4) is 5.75 Å². The lowest BCUT2D eigenvalue weighted by Gasteiger charge is -2.28. The van der Waals surface area contributed by atoms with Crippen LogP contribution in [0.2, 0.25) is 0 Å². The van der Waals surface area contributed by atoms with Crippen LogP contribution in [0.5, 0.6) is 5.75 Å². The van der Waals surface area contributed by atoms with E-state index in [1.807, 2.05) is 12.1 Å². The Kier molecular flexibility index (Phi) is 7.12. The quantitative estimate of drug-likeness (QED) is 0.547. The van der Waals surface area contributed by atoms with Crippen LogP contribution in [0.1, 0.15) is 52.0 Å². The van der Waals surface area contributed by atoms with Gasteiger partial charge in [-0.05, 0) is 50.3 Å². The van der Waals surface area contributed by atoms with Crippen LogP contribution in [0, 0.1) is 0 Å². The molecule has 5 heteroatoms. The van der Waals surface area contributed by atoms with Crippen LogP contribution < -0.4 is 15.4 Å². The van der Waals surface area contributed by atoms with Crippen LogP contribution in [0.15, 0.2) is 29.3 Å². The van der Waals surface area contributed by atoms with Gasteiger partial charge >= 0.3 is 0 Å². The van der Waals surface area contributed by atoms with E-state index in [2.05, 4.69) is 43.5 Å². The third-order valence-electron chi connectivity index (χ3n) is 4.89. The summed E-state index contributed by atoms with van der Waals surface area (Å²) in [5.74, 6) is 1.74. The molecule has 1 fully saturated rings. The molecule has 1 aliphatic rings. The lowest BCUT2D eigenvalue weighted by molar-refractivity contribution is 0.120. The van der Waals surface area contributed by atoms with Crippen molar-refractivity contribution in [3.63, 3.8) is 0 Å².